The fourth-order valence-corrected chi connectivity index (χ4v) is 3.15. The first kappa shape index (κ1) is 19.7. The summed E-state index contributed by atoms with van der Waals surface area (Å²) >= 11 is 0. The van der Waals surface area contributed by atoms with E-state index in [1.54, 1.807) is 24.5 Å². The second kappa shape index (κ2) is 9.79. The smallest absolute Gasteiger partial charge is 0.303 e. The number of carboxylic acids is 1. The van der Waals surface area contributed by atoms with Gasteiger partial charge in [-0.15, -0.1) is 0 Å². The first-order valence-electron chi connectivity index (χ1n) is 9.21. The second-order valence-corrected chi connectivity index (χ2v) is 6.64. The van der Waals surface area contributed by atoms with Crippen LogP contribution in [0.2, 0.25) is 0 Å². The van der Waals surface area contributed by atoms with Crippen LogP contribution in [0.25, 0.3) is 0 Å². The Labute approximate surface area is 164 Å². The van der Waals surface area contributed by atoms with Gasteiger partial charge in [-0.05, 0) is 36.6 Å². The molecular weight excluding hydrogens is 356 g/mol. The SMILES string of the molecule is N#Cc1ccc(C2OCC(C/C=C\CCC(=O)O)C(c3cccnc3)O2)cc1. The van der Waals surface area contributed by atoms with Gasteiger partial charge in [0.25, 0.3) is 0 Å². The minimum absolute atomic E-state index is 0.0971. The van der Waals surface area contributed by atoms with Gasteiger partial charge in [-0.2, -0.15) is 5.26 Å². The van der Waals surface area contributed by atoms with Crippen molar-refractivity contribution in [3.63, 3.8) is 0 Å². The molecule has 6 heteroatoms. The number of pyridine rings is 1. The summed E-state index contributed by atoms with van der Waals surface area (Å²) in [5, 5.41) is 17.7. The molecule has 1 aromatic heterocycles. The zero-order chi connectivity index (χ0) is 19.8. The molecule has 1 aromatic carbocycles. The predicted molar refractivity (Wildman–Crippen MR) is 102 cm³/mol. The van der Waals surface area contributed by atoms with Gasteiger partial charge in [0.05, 0.1) is 24.3 Å². The Morgan fingerprint density at radius 3 is 2.75 bits per heavy atom. The van der Waals surface area contributed by atoms with Crippen molar-refractivity contribution >= 4 is 5.97 Å². The molecule has 2 heterocycles. The number of hydrogen-bond donors (Lipinski definition) is 1. The van der Waals surface area contributed by atoms with Crippen molar-refractivity contribution in [3.05, 3.63) is 77.6 Å². The van der Waals surface area contributed by atoms with Gasteiger partial charge in [-0.1, -0.05) is 30.4 Å². The summed E-state index contributed by atoms with van der Waals surface area (Å²) in [4.78, 5) is 14.8. The summed E-state index contributed by atoms with van der Waals surface area (Å²) in [6.45, 7) is 0.507. The molecule has 28 heavy (non-hydrogen) atoms. The zero-order valence-corrected chi connectivity index (χ0v) is 15.4. The third-order valence-corrected chi connectivity index (χ3v) is 4.62. The largest absolute Gasteiger partial charge is 0.481 e. The average Bonchev–Trinajstić information content (AvgIpc) is 2.74. The van der Waals surface area contributed by atoms with Gasteiger partial charge < -0.3 is 14.6 Å². The van der Waals surface area contributed by atoms with Crippen LogP contribution in [-0.4, -0.2) is 22.7 Å². The quantitative estimate of drug-likeness (QED) is 0.727. The minimum atomic E-state index is -0.799. The van der Waals surface area contributed by atoms with Crippen LogP contribution in [0.4, 0.5) is 0 Å². The Bertz CT molecular complexity index is 843. The number of nitrogens with zero attached hydrogens (tertiary/aromatic N) is 2. The number of rotatable bonds is 7. The standard InChI is InChI=1S/C22H22N2O4/c23-13-16-8-10-17(11-9-16)22-27-15-19(5-2-1-3-7-20(25)26)21(28-22)18-6-4-12-24-14-18/h1-2,4,6,8-12,14,19,21-22H,3,5,7,15H2,(H,25,26)/b2-1-. The van der Waals surface area contributed by atoms with Crippen molar-refractivity contribution < 1.29 is 19.4 Å². The highest BCUT2D eigenvalue weighted by Crippen LogP contribution is 2.39. The third kappa shape index (κ3) is 5.26. The highest BCUT2D eigenvalue weighted by atomic mass is 16.7. The molecule has 0 bridgehead atoms. The molecule has 1 aliphatic heterocycles. The van der Waals surface area contributed by atoms with E-state index < -0.39 is 12.3 Å². The highest BCUT2D eigenvalue weighted by Gasteiger charge is 2.33. The van der Waals surface area contributed by atoms with Crippen molar-refractivity contribution in [1.29, 1.82) is 5.26 Å². The Kier molecular flexibility index (Phi) is 6.90. The fraction of sp³-hybridized carbons (Fsp3) is 0.318. The molecule has 6 nitrogen and oxygen atoms in total. The molecule has 1 N–H and O–H groups in total. The van der Waals surface area contributed by atoms with Crippen molar-refractivity contribution in [2.24, 2.45) is 5.92 Å². The minimum Gasteiger partial charge on any atom is -0.481 e. The van der Waals surface area contributed by atoms with E-state index in [0.717, 1.165) is 17.5 Å². The topological polar surface area (TPSA) is 92.4 Å². The summed E-state index contributed by atoms with van der Waals surface area (Å²) in [5.74, 6) is -0.701. The molecule has 3 unspecified atom stereocenters. The summed E-state index contributed by atoms with van der Waals surface area (Å²) in [5.41, 5.74) is 2.43. The van der Waals surface area contributed by atoms with Crippen molar-refractivity contribution in [2.75, 3.05) is 6.61 Å². The van der Waals surface area contributed by atoms with Gasteiger partial charge in [0, 0.05) is 30.3 Å². The molecule has 3 rings (SSSR count). The zero-order valence-electron chi connectivity index (χ0n) is 15.4. The Morgan fingerprint density at radius 1 is 1.25 bits per heavy atom. The normalized spacial score (nSPS) is 22.0. The van der Waals surface area contributed by atoms with Gasteiger partial charge in [0.2, 0.25) is 0 Å². The van der Waals surface area contributed by atoms with Crippen LogP contribution in [0.5, 0.6) is 0 Å². The van der Waals surface area contributed by atoms with Gasteiger partial charge in [0.15, 0.2) is 6.29 Å². The fourth-order valence-electron chi connectivity index (χ4n) is 3.15. The van der Waals surface area contributed by atoms with E-state index in [9.17, 15) is 4.79 Å². The second-order valence-electron chi connectivity index (χ2n) is 6.64. The number of allylic oxidation sites excluding steroid dienone is 2. The Morgan fingerprint density at radius 2 is 2.07 bits per heavy atom. The molecule has 0 radical (unpaired) electrons. The van der Waals surface area contributed by atoms with Gasteiger partial charge in [-0.3, -0.25) is 9.78 Å². The number of nitriles is 1. The van der Waals surface area contributed by atoms with E-state index in [1.165, 1.54) is 0 Å². The maximum absolute atomic E-state index is 10.6. The lowest BCUT2D eigenvalue weighted by molar-refractivity contribution is -0.244. The van der Waals surface area contributed by atoms with Crippen molar-refractivity contribution in [1.82, 2.24) is 4.98 Å². The summed E-state index contributed by atoms with van der Waals surface area (Å²) in [6, 6.07) is 13.2. The first-order chi connectivity index (χ1) is 13.7. The van der Waals surface area contributed by atoms with Crippen LogP contribution in [0.15, 0.2) is 60.9 Å². The van der Waals surface area contributed by atoms with E-state index in [1.807, 2.05) is 36.4 Å². The number of ether oxygens (including phenoxy) is 2. The molecular formula is C22H22N2O4. The van der Waals surface area contributed by atoms with E-state index in [0.29, 0.717) is 18.6 Å². The van der Waals surface area contributed by atoms with E-state index in [4.69, 9.17) is 19.8 Å². The lowest BCUT2D eigenvalue weighted by Crippen LogP contribution is -2.30. The number of carboxylic acid groups (broad SMARTS) is 1. The molecule has 1 saturated heterocycles. The van der Waals surface area contributed by atoms with Gasteiger partial charge in [0.1, 0.15) is 0 Å². The van der Waals surface area contributed by atoms with Crippen LogP contribution < -0.4 is 0 Å². The molecule has 0 aliphatic carbocycles. The average molecular weight is 378 g/mol. The maximum atomic E-state index is 10.6. The lowest BCUT2D eigenvalue weighted by atomic mass is 9.92. The molecule has 144 valence electrons. The van der Waals surface area contributed by atoms with Gasteiger partial charge in [-0.25, -0.2) is 0 Å². The Balaban J connectivity index is 1.71. The molecule has 2 aromatic rings. The summed E-state index contributed by atoms with van der Waals surface area (Å²) in [6.07, 6.45) is 8.06. The molecule has 0 amide bonds. The number of carbonyl (C=O) groups is 1. The first-order valence-corrected chi connectivity index (χ1v) is 9.21. The summed E-state index contributed by atoms with van der Waals surface area (Å²) in [7, 11) is 0. The molecule has 3 atom stereocenters. The van der Waals surface area contributed by atoms with Gasteiger partial charge >= 0.3 is 5.97 Å². The van der Waals surface area contributed by atoms with Crippen LogP contribution in [-0.2, 0) is 14.3 Å². The van der Waals surface area contributed by atoms with Crippen LogP contribution >= 0.6 is 0 Å². The maximum Gasteiger partial charge on any atom is 0.303 e. The lowest BCUT2D eigenvalue weighted by Gasteiger charge is -2.36. The van der Waals surface area contributed by atoms with Crippen LogP contribution in [0.3, 0.4) is 0 Å². The van der Waals surface area contributed by atoms with E-state index in [-0.39, 0.29) is 18.4 Å². The molecule has 1 fully saturated rings. The number of hydrogen-bond acceptors (Lipinski definition) is 5. The number of benzene rings is 1. The van der Waals surface area contributed by atoms with Crippen LogP contribution in [0, 0.1) is 17.2 Å². The number of aliphatic carboxylic acids is 1. The summed E-state index contributed by atoms with van der Waals surface area (Å²) < 4.78 is 12.2. The number of aromatic nitrogens is 1. The Hall–Kier alpha value is -3.01. The highest BCUT2D eigenvalue weighted by molar-refractivity contribution is 5.66. The third-order valence-electron chi connectivity index (χ3n) is 4.62. The van der Waals surface area contributed by atoms with E-state index >= 15 is 0 Å². The molecule has 0 spiro atoms. The monoisotopic (exact) mass is 378 g/mol. The predicted octanol–water partition coefficient (Wildman–Crippen LogP) is 4.17. The van der Waals surface area contributed by atoms with Crippen LogP contribution in [0.1, 0.15) is 48.3 Å². The van der Waals surface area contributed by atoms with E-state index in [2.05, 4.69) is 11.1 Å². The molecule has 0 saturated carbocycles. The van der Waals surface area contributed by atoms with Crippen molar-refractivity contribution in [3.8, 4) is 6.07 Å². The van der Waals surface area contributed by atoms with Crippen molar-refractivity contribution in [2.45, 2.75) is 31.7 Å². The molecule has 1 aliphatic rings.